The number of rotatable bonds is 4. The molecule has 0 aliphatic heterocycles. The molecule has 0 radical (unpaired) electrons. The summed E-state index contributed by atoms with van der Waals surface area (Å²) in [6.45, 7) is 1.46. The topological polar surface area (TPSA) is 106 Å². The van der Waals surface area contributed by atoms with Crippen LogP contribution < -0.4 is 10.4 Å². The molecule has 0 amide bonds. The van der Waals surface area contributed by atoms with Crippen LogP contribution in [0.5, 0.6) is 11.5 Å². The van der Waals surface area contributed by atoms with Crippen LogP contribution in [0.4, 0.5) is 0 Å². The molecule has 0 unspecified atom stereocenters. The minimum absolute atomic E-state index is 0.0296. The number of fused-ring (bicyclic) bond motifs is 1. The number of aliphatic hydroxyl groups is 1. The SMILES string of the molecule is COC(=O)/C(C)=C/[C@H](O)c1cc2ccc(O)c(OC)c2oc1=O. The molecule has 23 heavy (non-hydrogen) atoms. The summed E-state index contributed by atoms with van der Waals surface area (Å²) in [5, 5.41) is 20.3. The van der Waals surface area contributed by atoms with Crippen molar-refractivity contribution in [2.45, 2.75) is 13.0 Å². The van der Waals surface area contributed by atoms with Gasteiger partial charge in [0.15, 0.2) is 11.3 Å². The molecular formula is C16H16O7. The molecule has 7 heteroatoms. The summed E-state index contributed by atoms with van der Waals surface area (Å²) in [6, 6.07) is 4.31. The summed E-state index contributed by atoms with van der Waals surface area (Å²) >= 11 is 0. The van der Waals surface area contributed by atoms with E-state index in [0.717, 1.165) is 0 Å². The molecule has 0 spiro atoms. The van der Waals surface area contributed by atoms with Crippen molar-refractivity contribution in [1.29, 1.82) is 0 Å². The molecule has 2 N–H and O–H groups in total. The number of carbonyl (C=O) groups is 1. The first-order valence-electron chi connectivity index (χ1n) is 6.67. The average Bonchev–Trinajstić information content (AvgIpc) is 2.53. The summed E-state index contributed by atoms with van der Waals surface area (Å²) in [5.41, 5.74) is -0.624. The fourth-order valence-corrected chi connectivity index (χ4v) is 2.12. The van der Waals surface area contributed by atoms with Gasteiger partial charge in [0.25, 0.3) is 0 Å². The van der Waals surface area contributed by atoms with Crippen LogP contribution in [0.15, 0.2) is 39.1 Å². The van der Waals surface area contributed by atoms with E-state index in [4.69, 9.17) is 9.15 Å². The van der Waals surface area contributed by atoms with Crippen molar-refractivity contribution in [3.8, 4) is 11.5 Å². The van der Waals surface area contributed by atoms with Gasteiger partial charge in [-0.25, -0.2) is 9.59 Å². The van der Waals surface area contributed by atoms with Gasteiger partial charge in [0.1, 0.15) is 6.10 Å². The fourth-order valence-electron chi connectivity index (χ4n) is 2.12. The summed E-state index contributed by atoms with van der Waals surface area (Å²) < 4.78 is 14.7. The first-order valence-corrected chi connectivity index (χ1v) is 6.67. The number of phenolic OH excluding ortho intramolecular Hbond substituents is 1. The van der Waals surface area contributed by atoms with E-state index in [1.807, 2.05) is 0 Å². The molecule has 0 aliphatic rings. The van der Waals surface area contributed by atoms with E-state index in [-0.39, 0.29) is 28.2 Å². The number of aromatic hydroxyl groups is 1. The third-order valence-corrected chi connectivity index (χ3v) is 3.30. The van der Waals surface area contributed by atoms with Gasteiger partial charge < -0.3 is 24.1 Å². The minimum Gasteiger partial charge on any atom is -0.504 e. The Morgan fingerprint density at radius 1 is 1.35 bits per heavy atom. The lowest BCUT2D eigenvalue weighted by atomic mass is 10.1. The van der Waals surface area contributed by atoms with Crippen LogP contribution in [-0.2, 0) is 9.53 Å². The van der Waals surface area contributed by atoms with E-state index in [1.54, 1.807) is 0 Å². The fraction of sp³-hybridized carbons (Fsp3) is 0.250. The maximum absolute atomic E-state index is 12.1. The zero-order valence-electron chi connectivity index (χ0n) is 12.8. The zero-order chi connectivity index (χ0) is 17.1. The smallest absolute Gasteiger partial charge is 0.342 e. The van der Waals surface area contributed by atoms with Crippen molar-refractivity contribution in [1.82, 2.24) is 0 Å². The highest BCUT2D eigenvalue weighted by Gasteiger charge is 2.18. The third kappa shape index (κ3) is 3.19. The Bertz CT molecular complexity index is 832. The van der Waals surface area contributed by atoms with Crippen LogP contribution in [0, 0.1) is 0 Å². The molecule has 0 aliphatic carbocycles. The van der Waals surface area contributed by atoms with Gasteiger partial charge in [-0.1, -0.05) is 0 Å². The molecule has 1 heterocycles. The van der Waals surface area contributed by atoms with E-state index in [1.165, 1.54) is 45.4 Å². The van der Waals surface area contributed by atoms with Crippen LogP contribution in [0.2, 0.25) is 0 Å². The van der Waals surface area contributed by atoms with E-state index in [9.17, 15) is 19.8 Å². The monoisotopic (exact) mass is 320 g/mol. The number of esters is 1. The molecule has 7 nitrogen and oxygen atoms in total. The molecule has 1 aromatic carbocycles. The summed E-state index contributed by atoms with van der Waals surface area (Å²) in [6.07, 6.45) is -0.142. The normalized spacial score (nSPS) is 13.0. The molecule has 0 bridgehead atoms. The number of hydrogen-bond donors (Lipinski definition) is 2. The molecule has 0 saturated carbocycles. The largest absolute Gasteiger partial charge is 0.504 e. The van der Waals surface area contributed by atoms with E-state index in [0.29, 0.717) is 5.39 Å². The lowest BCUT2D eigenvalue weighted by Crippen LogP contribution is -2.12. The third-order valence-electron chi connectivity index (χ3n) is 3.30. The molecule has 1 aromatic heterocycles. The highest BCUT2D eigenvalue weighted by molar-refractivity contribution is 5.88. The molecule has 0 fully saturated rings. The van der Waals surface area contributed by atoms with Crippen LogP contribution in [0.25, 0.3) is 11.0 Å². The molecule has 2 rings (SSSR count). The Labute approximate surface area is 131 Å². The molecule has 2 aromatic rings. The average molecular weight is 320 g/mol. The van der Waals surface area contributed by atoms with Crippen LogP contribution in [-0.4, -0.2) is 30.4 Å². The number of methoxy groups -OCH3 is 2. The number of carbonyl (C=O) groups excluding carboxylic acids is 1. The number of hydrogen-bond acceptors (Lipinski definition) is 7. The highest BCUT2D eigenvalue weighted by Crippen LogP contribution is 2.34. The Kier molecular flexibility index (Phi) is 4.71. The molecule has 0 saturated heterocycles. The van der Waals surface area contributed by atoms with Gasteiger partial charge in [-0.2, -0.15) is 0 Å². The second-order valence-electron chi connectivity index (χ2n) is 4.81. The minimum atomic E-state index is -1.34. The van der Waals surface area contributed by atoms with E-state index in [2.05, 4.69) is 4.74 Å². The van der Waals surface area contributed by atoms with Crippen LogP contribution in [0.1, 0.15) is 18.6 Å². The van der Waals surface area contributed by atoms with Crippen molar-refractivity contribution < 1.29 is 28.9 Å². The van der Waals surface area contributed by atoms with Gasteiger partial charge in [-0.15, -0.1) is 0 Å². The lowest BCUT2D eigenvalue weighted by Gasteiger charge is -2.10. The maximum Gasteiger partial charge on any atom is 0.342 e. The van der Waals surface area contributed by atoms with E-state index < -0.39 is 17.7 Å². The number of benzene rings is 1. The summed E-state index contributed by atoms with van der Waals surface area (Å²) in [7, 11) is 2.55. The molecular weight excluding hydrogens is 304 g/mol. The van der Waals surface area contributed by atoms with Crippen molar-refractivity contribution in [3.05, 3.63) is 45.8 Å². The highest BCUT2D eigenvalue weighted by atomic mass is 16.5. The Morgan fingerprint density at radius 3 is 2.65 bits per heavy atom. The van der Waals surface area contributed by atoms with Gasteiger partial charge in [0.2, 0.25) is 5.75 Å². The number of ether oxygens (including phenoxy) is 2. The van der Waals surface area contributed by atoms with Crippen molar-refractivity contribution >= 4 is 16.9 Å². The molecule has 122 valence electrons. The van der Waals surface area contributed by atoms with Gasteiger partial charge in [-0.3, -0.25) is 0 Å². The van der Waals surface area contributed by atoms with Crippen molar-refractivity contribution in [3.63, 3.8) is 0 Å². The van der Waals surface area contributed by atoms with Crippen LogP contribution in [0.3, 0.4) is 0 Å². The van der Waals surface area contributed by atoms with Gasteiger partial charge in [-0.05, 0) is 31.2 Å². The standard InChI is InChI=1S/C16H16O7/c1-8(15(19)22-3)6-12(18)10-7-9-4-5-11(17)14(21-2)13(9)23-16(10)20/h4-7,12,17-18H,1-3H3/b8-6+/t12-/m0/s1. The maximum atomic E-state index is 12.1. The van der Waals surface area contributed by atoms with Crippen molar-refractivity contribution in [2.75, 3.05) is 14.2 Å². The van der Waals surface area contributed by atoms with Crippen molar-refractivity contribution in [2.24, 2.45) is 0 Å². The summed E-state index contributed by atoms with van der Waals surface area (Å²) in [5.74, 6) is -0.749. The van der Waals surface area contributed by atoms with Gasteiger partial charge >= 0.3 is 11.6 Å². The first kappa shape index (κ1) is 16.6. The number of phenols is 1. The number of aliphatic hydroxyl groups excluding tert-OH is 1. The predicted molar refractivity (Wildman–Crippen MR) is 81.4 cm³/mol. The van der Waals surface area contributed by atoms with Gasteiger partial charge in [0.05, 0.1) is 19.8 Å². The zero-order valence-corrected chi connectivity index (χ0v) is 12.8. The van der Waals surface area contributed by atoms with Crippen LogP contribution >= 0.6 is 0 Å². The molecule has 1 atom stereocenters. The Hall–Kier alpha value is -2.80. The van der Waals surface area contributed by atoms with E-state index >= 15 is 0 Å². The Balaban J connectivity index is 2.55. The second kappa shape index (κ2) is 6.53. The van der Waals surface area contributed by atoms with Gasteiger partial charge in [0, 0.05) is 11.0 Å². The summed E-state index contributed by atoms with van der Waals surface area (Å²) in [4.78, 5) is 23.4. The Morgan fingerprint density at radius 2 is 2.04 bits per heavy atom. The first-order chi connectivity index (χ1) is 10.9. The quantitative estimate of drug-likeness (QED) is 0.501. The lowest BCUT2D eigenvalue weighted by molar-refractivity contribution is -0.136. The second-order valence-corrected chi connectivity index (χ2v) is 4.81. The predicted octanol–water partition coefficient (Wildman–Crippen LogP) is 1.66.